The number of carbonyl (C=O) groups excluding carboxylic acids is 1. The maximum absolute atomic E-state index is 12.5. The predicted octanol–water partition coefficient (Wildman–Crippen LogP) is 2.52. The Hall–Kier alpha value is -1.83. The summed E-state index contributed by atoms with van der Waals surface area (Å²) in [5.41, 5.74) is 2.20. The zero-order valence-electron chi connectivity index (χ0n) is 13.2. The summed E-state index contributed by atoms with van der Waals surface area (Å²) in [6, 6.07) is 2.30. The van der Waals surface area contributed by atoms with Crippen LogP contribution in [0, 0.1) is 30.6 Å². The maximum atomic E-state index is 12.5. The summed E-state index contributed by atoms with van der Waals surface area (Å²) in [5, 5.41) is 16.8. The van der Waals surface area contributed by atoms with Gasteiger partial charge in [-0.3, -0.25) is 9.48 Å². The molecule has 0 atom stereocenters. The van der Waals surface area contributed by atoms with Crippen molar-refractivity contribution in [2.45, 2.75) is 58.9 Å². The monoisotopic (exact) mass is 288 g/mol. The third-order valence-electron chi connectivity index (χ3n) is 4.69. The molecule has 1 amide bonds. The Morgan fingerprint density at radius 2 is 1.95 bits per heavy atom. The van der Waals surface area contributed by atoms with E-state index in [0.717, 1.165) is 42.6 Å². The lowest BCUT2D eigenvalue weighted by atomic mass is 9.81. The van der Waals surface area contributed by atoms with E-state index in [1.54, 1.807) is 0 Å². The normalized spacial score (nSPS) is 17.8. The molecule has 21 heavy (non-hydrogen) atoms. The highest BCUT2D eigenvalue weighted by atomic mass is 16.2. The van der Waals surface area contributed by atoms with Gasteiger partial charge >= 0.3 is 0 Å². The lowest BCUT2D eigenvalue weighted by Gasteiger charge is -2.23. The van der Waals surface area contributed by atoms with Crippen LogP contribution >= 0.6 is 0 Å². The Morgan fingerprint density at radius 3 is 2.43 bits per heavy atom. The fraction of sp³-hybridized carbons (Fsp3) is 0.688. The molecule has 1 aliphatic rings. The molecule has 1 aliphatic carbocycles. The Labute approximate surface area is 126 Å². The highest BCUT2D eigenvalue weighted by Crippen LogP contribution is 2.34. The third kappa shape index (κ3) is 3.10. The summed E-state index contributed by atoms with van der Waals surface area (Å²) in [5.74, 6) is -0.116. The molecule has 0 radical (unpaired) electrons. The molecule has 1 heterocycles. The third-order valence-corrected chi connectivity index (χ3v) is 4.69. The van der Waals surface area contributed by atoms with Crippen LogP contribution < -0.4 is 5.32 Å². The van der Waals surface area contributed by atoms with Gasteiger partial charge < -0.3 is 5.32 Å². The number of hydrogen-bond acceptors (Lipinski definition) is 3. The van der Waals surface area contributed by atoms with Crippen molar-refractivity contribution in [1.82, 2.24) is 15.1 Å². The summed E-state index contributed by atoms with van der Waals surface area (Å²) < 4.78 is 1.82. The van der Waals surface area contributed by atoms with Crippen LogP contribution in [0.5, 0.6) is 0 Å². The Balaban J connectivity index is 2.08. The molecule has 1 aromatic heterocycles. The van der Waals surface area contributed by atoms with E-state index in [9.17, 15) is 10.1 Å². The van der Waals surface area contributed by atoms with E-state index in [1.165, 1.54) is 0 Å². The molecule has 1 fully saturated rings. The number of nitriles is 1. The van der Waals surface area contributed by atoms with Crippen molar-refractivity contribution in [3.8, 4) is 6.07 Å². The number of amides is 1. The van der Waals surface area contributed by atoms with E-state index in [1.807, 2.05) is 25.6 Å². The summed E-state index contributed by atoms with van der Waals surface area (Å²) in [4.78, 5) is 12.5. The zero-order valence-corrected chi connectivity index (χ0v) is 13.2. The highest BCUT2D eigenvalue weighted by Gasteiger charge is 2.38. The second kappa shape index (κ2) is 6.30. The van der Waals surface area contributed by atoms with Crippen LogP contribution in [-0.2, 0) is 18.4 Å². The molecule has 0 spiro atoms. The van der Waals surface area contributed by atoms with E-state index in [2.05, 4.69) is 16.5 Å². The number of rotatable bonds is 3. The number of aromatic nitrogens is 2. The molecule has 0 aromatic carbocycles. The van der Waals surface area contributed by atoms with Gasteiger partial charge in [0.15, 0.2) is 0 Å². The van der Waals surface area contributed by atoms with Gasteiger partial charge in [-0.15, -0.1) is 0 Å². The summed E-state index contributed by atoms with van der Waals surface area (Å²) in [6.45, 7) is 4.39. The minimum absolute atomic E-state index is 0.116. The summed E-state index contributed by atoms with van der Waals surface area (Å²) >= 11 is 0. The van der Waals surface area contributed by atoms with Gasteiger partial charge in [0.2, 0.25) is 5.91 Å². The van der Waals surface area contributed by atoms with Crippen molar-refractivity contribution in [2.24, 2.45) is 12.5 Å². The van der Waals surface area contributed by atoms with E-state index >= 15 is 0 Å². The fourth-order valence-corrected chi connectivity index (χ4v) is 3.13. The molecule has 114 valence electrons. The van der Waals surface area contributed by atoms with Crippen molar-refractivity contribution < 1.29 is 4.79 Å². The largest absolute Gasteiger partial charge is 0.350 e. The molecular formula is C16H24N4O. The second-order valence-corrected chi connectivity index (χ2v) is 6.06. The van der Waals surface area contributed by atoms with Gasteiger partial charge in [0.1, 0.15) is 5.41 Å². The fourth-order valence-electron chi connectivity index (χ4n) is 3.13. The molecule has 0 saturated heterocycles. The lowest BCUT2D eigenvalue weighted by Crippen LogP contribution is -2.39. The van der Waals surface area contributed by atoms with Crippen LogP contribution in [0.3, 0.4) is 0 Å². The second-order valence-electron chi connectivity index (χ2n) is 6.06. The first-order chi connectivity index (χ1) is 10.00. The first-order valence-electron chi connectivity index (χ1n) is 7.69. The van der Waals surface area contributed by atoms with Gasteiger partial charge in [0.05, 0.1) is 11.8 Å². The van der Waals surface area contributed by atoms with Crippen LogP contribution in [0.1, 0.15) is 55.5 Å². The molecule has 1 saturated carbocycles. The first kappa shape index (κ1) is 15.6. The molecule has 1 aromatic rings. The quantitative estimate of drug-likeness (QED) is 0.869. The van der Waals surface area contributed by atoms with Gasteiger partial charge in [-0.05, 0) is 26.7 Å². The summed E-state index contributed by atoms with van der Waals surface area (Å²) in [6.07, 6.45) is 5.54. The number of hydrogen-bond donors (Lipinski definition) is 1. The van der Waals surface area contributed by atoms with E-state index in [-0.39, 0.29) is 5.91 Å². The number of nitrogens with zero attached hydrogens (tertiary/aromatic N) is 3. The molecule has 0 bridgehead atoms. The Bertz CT molecular complexity index is 560. The molecule has 0 unspecified atom stereocenters. The maximum Gasteiger partial charge on any atom is 0.240 e. The molecular weight excluding hydrogens is 264 g/mol. The van der Waals surface area contributed by atoms with Crippen molar-refractivity contribution in [3.05, 3.63) is 17.0 Å². The van der Waals surface area contributed by atoms with Gasteiger partial charge in [-0.1, -0.05) is 25.7 Å². The number of carbonyl (C=O) groups is 1. The van der Waals surface area contributed by atoms with E-state index < -0.39 is 5.41 Å². The minimum atomic E-state index is -0.833. The standard InChI is InChI=1S/C16H24N4O/c1-12-14(13(2)20(3)19-12)10-18-15(21)16(11-17)8-6-4-5-7-9-16/h4-10H2,1-3H3,(H,18,21). The van der Waals surface area contributed by atoms with Crippen LogP contribution in [0.25, 0.3) is 0 Å². The zero-order chi connectivity index (χ0) is 15.5. The van der Waals surface area contributed by atoms with Crippen molar-refractivity contribution in [3.63, 3.8) is 0 Å². The topological polar surface area (TPSA) is 70.7 Å². The first-order valence-corrected chi connectivity index (χ1v) is 7.69. The SMILES string of the molecule is Cc1nn(C)c(C)c1CNC(=O)C1(C#N)CCCCCC1. The Morgan fingerprint density at radius 1 is 1.33 bits per heavy atom. The molecule has 2 rings (SSSR count). The Kier molecular flexibility index (Phi) is 4.66. The molecule has 1 N–H and O–H groups in total. The van der Waals surface area contributed by atoms with Gasteiger partial charge in [0, 0.05) is 24.8 Å². The summed E-state index contributed by atoms with van der Waals surface area (Å²) in [7, 11) is 1.90. The van der Waals surface area contributed by atoms with Gasteiger partial charge in [-0.2, -0.15) is 10.4 Å². The van der Waals surface area contributed by atoms with Crippen molar-refractivity contribution in [2.75, 3.05) is 0 Å². The van der Waals surface area contributed by atoms with Gasteiger partial charge in [-0.25, -0.2) is 0 Å². The predicted molar refractivity (Wildman–Crippen MR) is 80.3 cm³/mol. The molecule has 5 nitrogen and oxygen atoms in total. The lowest BCUT2D eigenvalue weighted by molar-refractivity contribution is -0.129. The van der Waals surface area contributed by atoms with Crippen LogP contribution in [-0.4, -0.2) is 15.7 Å². The smallest absolute Gasteiger partial charge is 0.240 e. The van der Waals surface area contributed by atoms with Gasteiger partial charge in [0.25, 0.3) is 0 Å². The van der Waals surface area contributed by atoms with Crippen molar-refractivity contribution >= 4 is 5.91 Å². The minimum Gasteiger partial charge on any atom is -0.350 e. The average Bonchev–Trinajstić information content (AvgIpc) is 2.66. The van der Waals surface area contributed by atoms with Crippen molar-refractivity contribution in [1.29, 1.82) is 5.26 Å². The van der Waals surface area contributed by atoms with E-state index in [0.29, 0.717) is 19.4 Å². The average molecular weight is 288 g/mol. The molecule has 5 heteroatoms. The number of nitrogens with one attached hydrogen (secondary N) is 1. The number of aryl methyl sites for hydroxylation is 2. The molecule has 0 aliphatic heterocycles. The van der Waals surface area contributed by atoms with Crippen LogP contribution in [0.15, 0.2) is 0 Å². The van der Waals surface area contributed by atoms with Crippen LogP contribution in [0.4, 0.5) is 0 Å². The van der Waals surface area contributed by atoms with Crippen LogP contribution in [0.2, 0.25) is 0 Å². The van der Waals surface area contributed by atoms with E-state index in [4.69, 9.17) is 0 Å². The highest BCUT2D eigenvalue weighted by molar-refractivity contribution is 5.85.